The topological polar surface area (TPSA) is 164 Å². The minimum absolute atomic E-state index is 0.0583. The van der Waals surface area contributed by atoms with Gasteiger partial charge in [0.1, 0.15) is 5.82 Å². The number of nitrogens with zero attached hydrogens (tertiary/aromatic N) is 2. The van der Waals surface area contributed by atoms with Crippen LogP contribution in [0.1, 0.15) is 28.3 Å². The highest BCUT2D eigenvalue weighted by Crippen LogP contribution is 2.37. The Morgan fingerprint density at radius 2 is 1.91 bits per heavy atom. The van der Waals surface area contributed by atoms with Crippen LogP contribution in [0.4, 0.5) is 4.39 Å². The smallest absolute Gasteiger partial charge is 0.288 e. The molecule has 2 aromatic rings. The molecule has 8 N–H and O–H groups in total. The van der Waals surface area contributed by atoms with E-state index in [-0.39, 0.29) is 35.8 Å². The number of nitrogens with two attached hydrogens (primary N) is 3. The molecule has 2 aromatic carbocycles. The zero-order valence-electron chi connectivity index (χ0n) is 18.6. The van der Waals surface area contributed by atoms with Crippen LogP contribution in [0.3, 0.4) is 0 Å². The van der Waals surface area contributed by atoms with E-state index in [4.69, 9.17) is 34.2 Å². The number of fused-ring (bicyclic) bond motifs is 1. The third-order valence-electron chi connectivity index (χ3n) is 5.73. The SMILES string of the molecule is CN(Cc1ccc2c(c1)[C@H](NC(=O)C(=O)Cc1ccc(Cl)c(F)c1)[C@@H](CN=C(N)N)C2)C(=N)N. The largest absolute Gasteiger partial charge is 0.370 e. The summed E-state index contributed by atoms with van der Waals surface area (Å²) < 4.78 is 13.7. The predicted molar refractivity (Wildman–Crippen MR) is 129 cm³/mol. The van der Waals surface area contributed by atoms with Gasteiger partial charge < -0.3 is 27.4 Å². The molecule has 34 heavy (non-hydrogen) atoms. The molecule has 2 atom stereocenters. The van der Waals surface area contributed by atoms with Gasteiger partial charge in [-0.1, -0.05) is 35.9 Å². The van der Waals surface area contributed by atoms with Gasteiger partial charge >= 0.3 is 0 Å². The third kappa shape index (κ3) is 6.02. The van der Waals surface area contributed by atoms with Crippen molar-refractivity contribution in [1.29, 1.82) is 5.41 Å². The standard InChI is InChI=1S/C23H27ClFN7O2/c1-32(23(28)29)11-13-2-4-14-9-15(10-30-22(26)27)20(16(14)6-13)31-21(34)19(33)8-12-3-5-17(24)18(25)7-12/h2-7,15,20H,8-11H2,1H3,(H3,28,29)(H,31,34)(H4,26,27,30)/t15-,20-/m1/s1. The van der Waals surface area contributed by atoms with Gasteiger partial charge in [0, 0.05) is 32.5 Å². The van der Waals surface area contributed by atoms with Crippen LogP contribution in [0, 0.1) is 17.1 Å². The normalized spacial score (nSPS) is 16.4. The highest BCUT2D eigenvalue weighted by molar-refractivity contribution is 6.36. The highest BCUT2D eigenvalue weighted by Gasteiger charge is 2.35. The zero-order chi connectivity index (χ0) is 25.0. The van der Waals surface area contributed by atoms with Crippen LogP contribution in [0.5, 0.6) is 0 Å². The molecular formula is C23H27ClFN7O2. The molecule has 11 heteroatoms. The van der Waals surface area contributed by atoms with Crippen LogP contribution in [0.2, 0.25) is 5.02 Å². The maximum Gasteiger partial charge on any atom is 0.288 e. The second kappa shape index (κ2) is 10.5. The summed E-state index contributed by atoms with van der Waals surface area (Å²) in [5.41, 5.74) is 19.6. The minimum Gasteiger partial charge on any atom is -0.370 e. The first-order chi connectivity index (χ1) is 16.0. The van der Waals surface area contributed by atoms with Crippen molar-refractivity contribution in [1.82, 2.24) is 10.2 Å². The van der Waals surface area contributed by atoms with E-state index in [1.807, 2.05) is 18.2 Å². The highest BCUT2D eigenvalue weighted by atomic mass is 35.5. The van der Waals surface area contributed by atoms with Gasteiger partial charge in [-0.25, -0.2) is 4.39 Å². The van der Waals surface area contributed by atoms with Crippen molar-refractivity contribution in [3.8, 4) is 0 Å². The first kappa shape index (κ1) is 25.0. The summed E-state index contributed by atoms with van der Waals surface area (Å²) in [6, 6.07) is 9.29. The van der Waals surface area contributed by atoms with Crippen molar-refractivity contribution in [2.45, 2.75) is 25.4 Å². The van der Waals surface area contributed by atoms with Gasteiger partial charge in [-0.2, -0.15) is 0 Å². The molecule has 180 valence electrons. The Bertz CT molecular complexity index is 1150. The number of aliphatic imine (C=N–C) groups is 1. The monoisotopic (exact) mass is 487 g/mol. The van der Waals surface area contributed by atoms with Crippen LogP contribution >= 0.6 is 11.6 Å². The fourth-order valence-corrected chi connectivity index (χ4v) is 4.07. The van der Waals surface area contributed by atoms with Crippen molar-refractivity contribution in [2.75, 3.05) is 13.6 Å². The second-order valence-corrected chi connectivity index (χ2v) is 8.71. The Morgan fingerprint density at radius 1 is 1.21 bits per heavy atom. The van der Waals surface area contributed by atoms with Crippen molar-refractivity contribution < 1.29 is 14.0 Å². The number of rotatable bonds is 8. The van der Waals surface area contributed by atoms with Gasteiger partial charge in [0.25, 0.3) is 5.91 Å². The average Bonchev–Trinajstić information content (AvgIpc) is 3.11. The number of carbonyl (C=O) groups is 2. The van der Waals surface area contributed by atoms with E-state index in [1.165, 1.54) is 12.1 Å². The number of Topliss-reactive ketones (excluding diaryl/α,β-unsaturated/α-hetero) is 1. The summed E-state index contributed by atoms with van der Waals surface area (Å²) >= 11 is 5.68. The average molecular weight is 488 g/mol. The zero-order valence-corrected chi connectivity index (χ0v) is 19.4. The van der Waals surface area contributed by atoms with Gasteiger partial charge in [-0.3, -0.25) is 20.0 Å². The van der Waals surface area contributed by atoms with E-state index >= 15 is 0 Å². The Hall–Kier alpha value is -3.66. The van der Waals surface area contributed by atoms with Crippen LogP contribution in [-0.2, 0) is 29.0 Å². The third-order valence-corrected chi connectivity index (χ3v) is 6.03. The van der Waals surface area contributed by atoms with E-state index in [9.17, 15) is 14.0 Å². The molecule has 0 aromatic heterocycles. The molecule has 0 bridgehead atoms. The lowest BCUT2D eigenvalue weighted by molar-refractivity contribution is -0.138. The molecule has 1 aliphatic carbocycles. The molecular weight excluding hydrogens is 461 g/mol. The Kier molecular flexibility index (Phi) is 7.72. The van der Waals surface area contributed by atoms with Gasteiger partial charge in [0.15, 0.2) is 11.9 Å². The van der Waals surface area contributed by atoms with Crippen LogP contribution < -0.4 is 22.5 Å². The molecule has 0 saturated heterocycles. The van der Waals surface area contributed by atoms with Crippen molar-refractivity contribution in [3.63, 3.8) is 0 Å². The molecule has 0 radical (unpaired) electrons. The van der Waals surface area contributed by atoms with Gasteiger partial charge in [0.2, 0.25) is 5.78 Å². The lowest BCUT2D eigenvalue weighted by Crippen LogP contribution is -2.38. The summed E-state index contributed by atoms with van der Waals surface area (Å²) in [5, 5.41) is 10.3. The predicted octanol–water partition coefficient (Wildman–Crippen LogP) is 1.22. The summed E-state index contributed by atoms with van der Waals surface area (Å²) in [5.74, 6) is -2.44. The molecule has 0 unspecified atom stereocenters. The Labute approximate surface area is 201 Å². The summed E-state index contributed by atoms with van der Waals surface area (Å²) in [6.07, 6.45) is 0.345. The number of hydrogen-bond donors (Lipinski definition) is 5. The van der Waals surface area contributed by atoms with Crippen LogP contribution in [-0.4, -0.2) is 42.1 Å². The first-order valence-electron chi connectivity index (χ1n) is 10.5. The van der Waals surface area contributed by atoms with Crippen molar-refractivity contribution in [3.05, 3.63) is 69.5 Å². The number of carbonyl (C=O) groups excluding carboxylic acids is 2. The molecule has 0 saturated carbocycles. The van der Waals surface area contributed by atoms with E-state index in [2.05, 4.69) is 10.3 Å². The number of amides is 1. The summed E-state index contributed by atoms with van der Waals surface area (Å²) in [4.78, 5) is 31.1. The molecule has 1 amide bonds. The molecule has 0 heterocycles. The van der Waals surface area contributed by atoms with Gasteiger partial charge in [0.05, 0.1) is 11.1 Å². The first-order valence-corrected chi connectivity index (χ1v) is 10.9. The Balaban J connectivity index is 1.81. The summed E-state index contributed by atoms with van der Waals surface area (Å²) in [6.45, 7) is 0.671. The van der Waals surface area contributed by atoms with E-state index < -0.39 is 23.5 Å². The number of hydrogen-bond acceptors (Lipinski definition) is 4. The van der Waals surface area contributed by atoms with Gasteiger partial charge in [-0.15, -0.1) is 0 Å². The minimum atomic E-state index is -0.783. The molecule has 9 nitrogen and oxygen atoms in total. The molecule has 0 fully saturated rings. The van der Waals surface area contributed by atoms with Crippen molar-refractivity contribution in [2.24, 2.45) is 28.1 Å². The second-order valence-electron chi connectivity index (χ2n) is 8.30. The lowest BCUT2D eigenvalue weighted by atomic mass is 9.99. The Morgan fingerprint density at radius 3 is 2.56 bits per heavy atom. The van der Waals surface area contributed by atoms with Crippen LogP contribution in [0.25, 0.3) is 0 Å². The number of nitrogens with one attached hydrogen (secondary N) is 2. The van der Waals surface area contributed by atoms with Crippen molar-refractivity contribution >= 4 is 35.2 Å². The van der Waals surface area contributed by atoms with Gasteiger partial charge in [-0.05, 0) is 40.8 Å². The van der Waals surface area contributed by atoms with Crippen LogP contribution in [0.15, 0.2) is 41.4 Å². The molecule has 0 aliphatic heterocycles. The van der Waals surface area contributed by atoms with E-state index in [0.29, 0.717) is 18.5 Å². The maximum absolute atomic E-state index is 13.7. The molecule has 0 spiro atoms. The number of benzene rings is 2. The number of guanidine groups is 2. The molecule has 3 rings (SSSR count). The van der Waals surface area contributed by atoms with E-state index in [1.54, 1.807) is 11.9 Å². The lowest BCUT2D eigenvalue weighted by Gasteiger charge is -2.22. The fraction of sp³-hybridized carbons (Fsp3) is 0.304. The summed E-state index contributed by atoms with van der Waals surface area (Å²) in [7, 11) is 1.70. The molecule has 1 aliphatic rings. The number of ketones is 1. The van der Waals surface area contributed by atoms with E-state index in [0.717, 1.165) is 22.8 Å². The number of halogens is 2. The fourth-order valence-electron chi connectivity index (χ4n) is 3.96. The quantitative estimate of drug-likeness (QED) is 0.213. The maximum atomic E-state index is 13.7.